The van der Waals surface area contributed by atoms with Gasteiger partial charge in [0.15, 0.2) is 4.98 Å². The van der Waals surface area contributed by atoms with E-state index in [2.05, 4.69) is 4.98 Å². The zero-order valence-electron chi connectivity index (χ0n) is 7.14. The maximum atomic E-state index is 10.2. The van der Waals surface area contributed by atoms with Gasteiger partial charge in [-0.1, -0.05) is 0 Å². The molecule has 0 aliphatic carbocycles. The summed E-state index contributed by atoms with van der Waals surface area (Å²) >= 11 is 0. The van der Waals surface area contributed by atoms with Crippen LogP contribution in [0.5, 0.6) is 0 Å². The van der Waals surface area contributed by atoms with Gasteiger partial charge in [-0.3, -0.25) is 10.1 Å². The fraction of sp³-hybridized carbons (Fsp3) is 0. The fourth-order valence-electron chi connectivity index (χ4n) is 0.669. The minimum absolute atomic E-state index is 0.0831. The summed E-state index contributed by atoms with van der Waals surface area (Å²) in [6, 6.07) is 5.43. The monoisotopic (exact) mass is 212 g/mol. The quantitative estimate of drug-likeness (QED) is 0.395. The van der Waals surface area contributed by atoms with Crippen molar-refractivity contribution < 1.29 is 10.0 Å². The van der Waals surface area contributed by atoms with Gasteiger partial charge in [0, 0.05) is 12.1 Å². The molecule has 0 radical (unpaired) electrons. The summed E-state index contributed by atoms with van der Waals surface area (Å²) in [6.07, 6.45) is 0. The number of non-ortho nitro benzene ring substituents is 1. The minimum atomic E-state index is -1.75. The molecule has 15 heavy (non-hydrogen) atoms. The number of nitro benzene ring substituents is 1. The van der Waals surface area contributed by atoms with E-state index < -0.39 is 10.0 Å². The lowest BCUT2D eigenvalue weighted by atomic mass is 10.3. The van der Waals surface area contributed by atoms with Crippen LogP contribution >= 0.6 is 0 Å². The van der Waals surface area contributed by atoms with Crippen LogP contribution in [0.2, 0.25) is 0 Å². The third kappa shape index (κ3) is 5.47. The summed E-state index contributed by atoms with van der Waals surface area (Å²) in [5, 5.41) is 33.1. The molecule has 1 rings (SSSR count). The molecule has 0 bridgehead atoms. The van der Waals surface area contributed by atoms with Crippen LogP contribution < -0.4 is 0 Å². The van der Waals surface area contributed by atoms with E-state index in [4.69, 9.17) is 20.7 Å². The molecule has 0 heterocycles. The molecule has 0 N–H and O–H groups in total. The molecule has 0 aromatic heterocycles. The van der Waals surface area contributed by atoms with E-state index in [1.165, 1.54) is 24.3 Å². The molecule has 1 aromatic rings. The Morgan fingerprint density at radius 2 is 1.73 bits per heavy atom. The van der Waals surface area contributed by atoms with E-state index >= 15 is 0 Å². The van der Waals surface area contributed by atoms with Gasteiger partial charge in [0.1, 0.15) is 6.07 Å². The standard InChI is InChI=1S/C6H4N3O2.NO3/c7-8-5-2-1-3-6(4-5)9(10)11;2-1(3)4/h1-4H;/q+1;-1. The van der Waals surface area contributed by atoms with Crippen molar-refractivity contribution in [1.29, 1.82) is 5.39 Å². The summed E-state index contributed by atoms with van der Waals surface area (Å²) in [5.74, 6) is 0. The fourth-order valence-corrected chi connectivity index (χ4v) is 0.669. The Balaban J connectivity index is 0.000000423. The Morgan fingerprint density at radius 1 is 1.20 bits per heavy atom. The van der Waals surface area contributed by atoms with Crippen LogP contribution in [-0.4, -0.2) is 10.0 Å². The topological polar surface area (TPSA) is 137 Å². The highest BCUT2D eigenvalue weighted by atomic mass is 16.9. The van der Waals surface area contributed by atoms with Gasteiger partial charge in [-0.15, -0.1) is 0 Å². The molecular weight excluding hydrogens is 208 g/mol. The van der Waals surface area contributed by atoms with Gasteiger partial charge in [0.05, 0.1) is 10.0 Å². The molecule has 1 aromatic carbocycles. The van der Waals surface area contributed by atoms with Crippen LogP contribution in [-0.2, 0) is 0 Å². The van der Waals surface area contributed by atoms with Gasteiger partial charge in [-0.05, 0) is 6.07 Å². The van der Waals surface area contributed by atoms with Gasteiger partial charge < -0.3 is 15.3 Å². The van der Waals surface area contributed by atoms with Gasteiger partial charge in [0.2, 0.25) is 5.39 Å². The van der Waals surface area contributed by atoms with Crippen LogP contribution in [0.1, 0.15) is 0 Å². The van der Waals surface area contributed by atoms with Crippen molar-refractivity contribution in [1.82, 2.24) is 0 Å². The smallest absolute Gasteiger partial charge is 0.356 e. The van der Waals surface area contributed by atoms with E-state index in [0.29, 0.717) is 0 Å². The Bertz CT molecular complexity index is 408. The number of rotatable bonds is 1. The van der Waals surface area contributed by atoms with Crippen LogP contribution in [0.25, 0.3) is 4.98 Å². The minimum Gasteiger partial charge on any atom is -0.356 e. The molecule has 0 amide bonds. The van der Waals surface area contributed by atoms with E-state index in [0.717, 1.165) is 0 Å². The van der Waals surface area contributed by atoms with Gasteiger partial charge >= 0.3 is 5.69 Å². The Hall–Kier alpha value is -2.76. The first kappa shape index (κ1) is 12.2. The van der Waals surface area contributed by atoms with Gasteiger partial charge in [0.25, 0.3) is 5.69 Å². The number of nitro groups is 1. The van der Waals surface area contributed by atoms with E-state index in [1.807, 2.05) is 0 Å². The second-order valence-corrected chi connectivity index (χ2v) is 2.10. The summed E-state index contributed by atoms with van der Waals surface area (Å²) in [7, 11) is 0. The number of nitrogens with zero attached hydrogens (tertiary/aromatic N) is 4. The third-order valence-electron chi connectivity index (χ3n) is 1.16. The SMILES string of the molecule is N#[N+]c1cccc([N+](=O)[O-])c1.O=[N+]([O-])[O-]. The molecule has 9 nitrogen and oxygen atoms in total. The van der Waals surface area contributed by atoms with Crippen LogP contribution in [0.15, 0.2) is 24.3 Å². The largest absolute Gasteiger partial charge is 0.391 e. The van der Waals surface area contributed by atoms with Crippen molar-refractivity contribution in [3.05, 3.63) is 54.7 Å². The van der Waals surface area contributed by atoms with Crippen molar-refractivity contribution >= 4 is 11.4 Å². The van der Waals surface area contributed by atoms with Crippen LogP contribution in [0, 0.1) is 30.8 Å². The number of benzene rings is 1. The molecule has 0 atom stereocenters. The van der Waals surface area contributed by atoms with Crippen LogP contribution in [0.3, 0.4) is 0 Å². The van der Waals surface area contributed by atoms with E-state index in [9.17, 15) is 10.1 Å². The second-order valence-electron chi connectivity index (χ2n) is 2.10. The second kappa shape index (κ2) is 5.81. The summed E-state index contributed by atoms with van der Waals surface area (Å²) in [4.78, 5) is 20.7. The summed E-state index contributed by atoms with van der Waals surface area (Å²) in [6.45, 7) is 0. The maximum absolute atomic E-state index is 10.2. The Labute approximate surface area is 82.5 Å². The molecule has 0 saturated heterocycles. The normalized spacial score (nSPS) is 7.93. The highest BCUT2D eigenvalue weighted by Crippen LogP contribution is 2.18. The highest BCUT2D eigenvalue weighted by molar-refractivity contribution is 5.50. The Morgan fingerprint density at radius 3 is 2.13 bits per heavy atom. The predicted molar refractivity (Wildman–Crippen MR) is 48.2 cm³/mol. The van der Waals surface area contributed by atoms with Crippen molar-refractivity contribution in [2.75, 3.05) is 0 Å². The lowest BCUT2D eigenvalue weighted by Gasteiger charge is -1.84. The van der Waals surface area contributed by atoms with Crippen LogP contribution in [0.4, 0.5) is 11.4 Å². The molecule has 0 aliphatic heterocycles. The average molecular weight is 212 g/mol. The molecule has 9 heteroatoms. The van der Waals surface area contributed by atoms with Gasteiger partial charge in [-0.2, -0.15) is 0 Å². The molecule has 0 unspecified atom stereocenters. The average Bonchev–Trinajstić information content (AvgIpc) is 2.17. The number of diazo groups is 1. The molecule has 0 spiro atoms. The molecule has 0 aliphatic rings. The number of hydrogen-bond donors (Lipinski definition) is 0. The van der Waals surface area contributed by atoms with E-state index in [1.54, 1.807) is 0 Å². The van der Waals surface area contributed by atoms with Crippen molar-refractivity contribution in [3.63, 3.8) is 0 Å². The van der Waals surface area contributed by atoms with Gasteiger partial charge in [-0.25, -0.2) is 0 Å². The lowest BCUT2D eigenvalue weighted by Crippen LogP contribution is -1.85. The van der Waals surface area contributed by atoms with E-state index in [-0.39, 0.29) is 11.4 Å². The summed E-state index contributed by atoms with van der Waals surface area (Å²) in [5.41, 5.74) is 0.0968. The summed E-state index contributed by atoms with van der Waals surface area (Å²) < 4.78 is 0. The maximum Gasteiger partial charge on any atom is 0.391 e. The Kier molecular flexibility index (Phi) is 4.74. The first-order chi connectivity index (χ1) is 6.97. The third-order valence-corrected chi connectivity index (χ3v) is 1.16. The zero-order chi connectivity index (χ0) is 11.8. The van der Waals surface area contributed by atoms with Crippen molar-refractivity contribution in [2.45, 2.75) is 0 Å². The lowest BCUT2D eigenvalue weighted by molar-refractivity contribution is -0.402. The predicted octanol–water partition coefficient (Wildman–Crippen LogP) is 1.84. The first-order valence-corrected chi connectivity index (χ1v) is 3.38. The number of hydrogen-bond acceptors (Lipinski definition) is 6. The van der Waals surface area contributed by atoms with Crippen molar-refractivity contribution in [2.24, 2.45) is 0 Å². The molecular formula is C6H4N4O5. The van der Waals surface area contributed by atoms with Crippen molar-refractivity contribution in [3.8, 4) is 0 Å². The molecule has 0 fully saturated rings. The zero-order valence-corrected chi connectivity index (χ0v) is 7.14. The molecule has 0 saturated carbocycles. The highest BCUT2D eigenvalue weighted by Gasteiger charge is 2.11. The first-order valence-electron chi connectivity index (χ1n) is 3.38. The molecule has 78 valence electrons.